The van der Waals surface area contributed by atoms with Gasteiger partial charge in [-0.1, -0.05) is 36.4 Å². The molecule has 0 aliphatic carbocycles. The average Bonchev–Trinajstić information content (AvgIpc) is 3.27. The molecule has 0 fully saturated rings. The molecule has 1 N–H and O–H groups in total. The van der Waals surface area contributed by atoms with Gasteiger partial charge < -0.3 is 10.0 Å². The van der Waals surface area contributed by atoms with Crippen LogP contribution in [0.1, 0.15) is 41.0 Å². The summed E-state index contributed by atoms with van der Waals surface area (Å²) in [5.41, 5.74) is 5.40. The van der Waals surface area contributed by atoms with Gasteiger partial charge in [0.05, 0.1) is 28.9 Å². The maximum Gasteiger partial charge on any atom is 0.256 e. The minimum Gasteiger partial charge on any atom is -0.386 e. The number of carbonyl (C=O) groups excluding carboxylic acids is 1. The Kier molecular flexibility index (Phi) is 4.41. The van der Waals surface area contributed by atoms with Gasteiger partial charge in [-0.3, -0.25) is 14.5 Å². The minimum atomic E-state index is -0.969. The minimum absolute atomic E-state index is 0.0338. The molecule has 31 heavy (non-hydrogen) atoms. The number of pyridine rings is 1. The second-order valence-corrected chi connectivity index (χ2v) is 8.64. The third-order valence-corrected chi connectivity index (χ3v) is 5.84. The molecule has 5 rings (SSSR count). The van der Waals surface area contributed by atoms with Crippen LogP contribution in [-0.2, 0) is 25.7 Å². The van der Waals surface area contributed by atoms with Gasteiger partial charge >= 0.3 is 0 Å². The number of rotatable bonds is 4. The van der Waals surface area contributed by atoms with Crippen molar-refractivity contribution >= 4 is 16.8 Å². The van der Waals surface area contributed by atoms with E-state index in [0.717, 1.165) is 38.9 Å². The van der Waals surface area contributed by atoms with Crippen LogP contribution in [0.4, 0.5) is 0 Å². The van der Waals surface area contributed by atoms with Gasteiger partial charge in [0.25, 0.3) is 5.91 Å². The van der Waals surface area contributed by atoms with Crippen molar-refractivity contribution in [3.8, 4) is 11.1 Å². The standard InChI is InChI=1S/C25H24N4O2/c1-25(2,31)21-11-10-18(20-14-28(3)27-23(20)21)17-8-6-16(7-9-17)13-29-15-22-19(24(29)30)5-4-12-26-22/h4-12,14,31H,13,15H2,1-3H3. The monoisotopic (exact) mass is 412 g/mol. The summed E-state index contributed by atoms with van der Waals surface area (Å²) in [6, 6.07) is 15.9. The van der Waals surface area contributed by atoms with Crippen molar-refractivity contribution < 1.29 is 9.90 Å². The number of hydrogen-bond acceptors (Lipinski definition) is 4. The van der Waals surface area contributed by atoms with Gasteiger partial charge in [0.15, 0.2) is 0 Å². The lowest BCUT2D eigenvalue weighted by atomic mass is 9.92. The molecule has 3 heterocycles. The fourth-order valence-electron chi connectivity index (χ4n) is 4.28. The molecule has 1 amide bonds. The van der Waals surface area contributed by atoms with E-state index in [-0.39, 0.29) is 5.91 Å². The van der Waals surface area contributed by atoms with Gasteiger partial charge in [0.2, 0.25) is 0 Å². The van der Waals surface area contributed by atoms with Gasteiger partial charge in [0.1, 0.15) is 0 Å². The molecule has 156 valence electrons. The summed E-state index contributed by atoms with van der Waals surface area (Å²) < 4.78 is 1.78. The number of amides is 1. The van der Waals surface area contributed by atoms with Crippen molar-refractivity contribution in [2.24, 2.45) is 7.05 Å². The van der Waals surface area contributed by atoms with Crippen molar-refractivity contribution in [1.82, 2.24) is 19.7 Å². The second kappa shape index (κ2) is 7.03. The molecule has 1 aliphatic heterocycles. The fraction of sp³-hybridized carbons (Fsp3) is 0.240. The molecule has 0 radical (unpaired) electrons. The number of fused-ring (bicyclic) bond motifs is 2. The first-order valence-corrected chi connectivity index (χ1v) is 10.3. The fourth-order valence-corrected chi connectivity index (χ4v) is 4.28. The zero-order valence-electron chi connectivity index (χ0n) is 17.8. The Morgan fingerprint density at radius 3 is 2.55 bits per heavy atom. The third kappa shape index (κ3) is 3.39. The van der Waals surface area contributed by atoms with E-state index in [1.54, 1.807) is 30.8 Å². The molecule has 1 aliphatic rings. The number of aromatic nitrogens is 3. The molecule has 0 saturated heterocycles. The van der Waals surface area contributed by atoms with Gasteiger partial charge in [-0.2, -0.15) is 5.10 Å². The number of benzene rings is 2. The van der Waals surface area contributed by atoms with Crippen LogP contribution in [0.5, 0.6) is 0 Å². The summed E-state index contributed by atoms with van der Waals surface area (Å²) in [7, 11) is 1.89. The molecule has 0 unspecified atom stereocenters. The second-order valence-electron chi connectivity index (χ2n) is 8.64. The first-order chi connectivity index (χ1) is 14.8. The van der Waals surface area contributed by atoms with Crippen LogP contribution >= 0.6 is 0 Å². The SMILES string of the molecule is Cn1cc2c(-c3ccc(CN4Cc5ncccc5C4=O)cc3)ccc(C(C)(C)O)c2n1. The largest absolute Gasteiger partial charge is 0.386 e. The van der Waals surface area contributed by atoms with Gasteiger partial charge in [0, 0.05) is 36.9 Å². The highest BCUT2D eigenvalue weighted by atomic mass is 16.3. The lowest BCUT2D eigenvalue weighted by molar-refractivity contribution is 0.0765. The highest BCUT2D eigenvalue weighted by Crippen LogP contribution is 2.34. The summed E-state index contributed by atoms with van der Waals surface area (Å²) in [4.78, 5) is 18.8. The summed E-state index contributed by atoms with van der Waals surface area (Å²) in [6.07, 6.45) is 3.72. The van der Waals surface area contributed by atoms with E-state index in [1.807, 2.05) is 36.3 Å². The number of aryl methyl sites for hydroxylation is 1. The Morgan fingerprint density at radius 1 is 1.06 bits per heavy atom. The zero-order valence-corrected chi connectivity index (χ0v) is 17.8. The van der Waals surface area contributed by atoms with E-state index < -0.39 is 5.60 Å². The van der Waals surface area contributed by atoms with Crippen molar-refractivity contribution in [3.05, 3.63) is 83.3 Å². The smallest absolute Gasteiger partial charge is 0.256 e. The number of aliphatic hydroxyl groups is 1. The molecule has 0 atom stereocenters. The van der Waals surface area contributed by atoms with E-state index in [9.17, 15) is 9.90 Å². The van der Waals surface area contributed by atoms with Crippen LogP contribution < -0.4 is 0 Å². The van der Waals surface area contributed by atoms with Crippen LogP contribution in [-0.4, -0.2) is 30.7 Å². The average molecular weight is 412 g/mol. The van der Waals surface area contributed by atoms with E-state index in [4.69, 9.17) is 0 Å². The quantitative estimate of drug-likeness (QED) is 0.550. The zero-order chi connectivity index (χ0) is 21.8. The van der Waals surface area contributed by atoms with E-state index in [2.05, 4.69) is 34.3 Å². The lowest BCUT2D eigenvalue weighted by Gasteiger charge is -2.19. The van der Waals surface area contributed by atoms with Crippen molar-refractivity contribution in [2.75, 3.05) is 0 Å². The molecular formula is C25H24N4O2. The predicted octanol–water partition coefficient (Wildman–Crippen LogP) is 4.02. The molecule has 2 aromatic heterocycles. The van der Waals surface area contributed by atoms with Crippen LogP contribution in [0.2, 0.25) is 0 Å². The van der Waals surface area contributed by atoms with Crippen LogP contribution in [0.25, 0.3) is 22.0 Å². The van der Waals surface area contributed by atoms with Crippen molar-refractivity contribution in [3.63, 3.8) is 0 Å². The van der Waals surface area contributed by atoms with E-state index >= 15 is 0 Å². The summed E-state index contributed by atoms with van der Waals surface area (Å²) >= 11 is 0. The normalized spacial score (nSPS) is 13.8. The van der Waals surface area contributed by atoms with E-state index in [0.29, 0.717) is 18.7 Å². The van der Waals surface area contributed by atoms with Gasteiger partial charge in [-0.05, 0) is 42.7 Å². The predicted molar refractivity (Wildman–Crippen MR) is 119 cm³/mol. The molecule has 0 spiro atoms. The lowest BCUT2D eigenvalue weighted by Crippen LogP contribution is -2.23. The first-order valence-electron chi connectivity index (χ1n) is 10.3. The Balaban J connectivity index is 1.44. The van der Waals surface area contributed by atoms with Crippen molar-refractivity contribution in [2.45, 2.75) is 32.5 Å². The third-order valence-electron chi connectivity index (χ3n) is 5.84. The van der Waals surface area contributed by atoms with Gasteiger partial charge in [-0.25, -0.2) is 0 Å². The van der Waals surface area contributed by atoms with Gasteiger partial charge in [-0.15, -0.1) is 0 Å². The number of nitrogens with zero attached hydrogens (tertiary/aromatic N) is 4. The molecule has 0 bridgehead atoms. The highest BCUT2D eigenvalue weighted by molar-refractivity contribution is 5.98. The highest BCUT2D eigenvalue weighted by Gasteiger charge is 2.28. The Hall–Kier alpha value is -3.51. The molecule has 6 heteroatoms. The van der Waals surface area contributed by atoms with Crippen LogP contribution in [0, 0.1) is 0 Å². The molecule has 2 aromatic carbocycles. The summed E-state index contributed by atoms with van der Waals surface area (Å²) in [5, 5.41) is 16.1. The Bertz CT molecular complexity index is 1300. The first kappa shape index (κ1) is 19.5. The molecule has 0 saturated carbocycles. The maximum atomic E-state index is 12.6. The molecule has 4 aromatic rings. The number of carbonyl (C=O) groups is 1. The van der Waals surface area contributed by atoms with E-state index in [1.165, 1.54) is 0 Å². The topological polar surface area (TPSA) is 71.2 Å². The summed E-state index contributed by atoms with van der Waals surface area (Å²) in [5.74, 6) is 0.0338. The summed E-state index contributed by atoms with van der Waals surface area (Å²) in [6.45, 7) is 4.65. The molecule has 6 nitrogen and oxygen atoms in total. The number of hydrogen-bond donors (Lipinski definition) is 1. The molecular weight excluding hydrogens is 388 g/mol. The van der Waals surface area contributed by atoms with Crippen LogP contribution in [0.15, 0.2) is 60.9 Å². The van der Waals surface area contributed by atoms with Crippen molar-refractivity contribution in [1.29, 1.82) is 0 Å². The Labute approximate surface area is 180 Å². The van der Waals surface area contributed by atoms with Crippen LogP contribution in [0.3, 0.4) is 0 Å². The Morgan fingerprint density at radius 2 is 1.84 bits per heavy atom. The maximum absolute atomic E-state index is 12.6.